The molecule has 14 N–H and O–H groups in total. The van der Waals surface area contributed by atoms with Crippen molar-refractivity contribution in [1.29, 1.82) is 0 Å². The predicted octanol–water partition coefficient (Wildman–Crippen LogP) is 2.94. The lowest BCUT2D eigenvalue weighted by atomic mass is 9.88. The second-order valence-corrected chi connectivity index (χ2v) is 22.6. The molecule has 3 fully saturated rings. The zero-order valence-corrected chi connectivity index (χ0v) is 49.1. The Bertz CT molecular complexity index is 1780. The number of amides is 2. The molecule has 3 rings (SSSR count). The first kappa shape index (κ1) is 73.5. The van der Waals surface area contributed by atoms with Crippen LogP contribution in [0.5, 0.6) is 0 Å². The van der Waals surface area contributed by atoms with Crippen molar-refractivity contribution in [3.8, 4) is 0 Å². The van der Waals surface area contributed by atoms with Crippen LogP contribution >= 0.6 is 0 Å². The van der Waals surface area contributed by atoms with Crippen molar-refractivity contribution in [2.75, 3.05) is 26.4 Å². The van der Waals surface area contributed by atoms with Crippen molar-refractivity contribution in [3.05, 3.63) is 24.3 Å². The topological polar surface area (TPSA) is 373 Å². The largest absolute Gasteiger partial charge is 0.477 e. The molecule has 3 saturated heterocycles. The predicted molar refractivity (Wildman–Crippen MR) is 301 cm³/mol. The minimum atomic E-state index is -3.08. The summed E-state index contributed by atoms with van der Waals surface area (Å²) in [5.74, 6) is -6.12. The third-order valence-corrected chi connectivity index (χ3v) is 15.7. The van der Waals surface area contributed by atoms with Crippen LogP contribution in [0.3, 0.4) is 0 Å². The summed E-state index contributed by atoms with van der Waals surface area (Å²) in [5.41, 5.74) is 0. The number of aliphatic carboxylic acids is 1. The molecule has 3 aliphatic rings. The molecule has 0 bridgehead atoms. The van der Waals surface area contributed by atoms with Gasteiger partial charge in [-0.25, -0.2) is 4.79 Å². The molecule has 23 heteroatoms. The monoisotopic (exact) mass is 1180 g/mol. The van der Waals surface area contributed by atoms with E-state index < -0.39 is 148 Å². The summed E-state index contributed by atoms with van der Waals surface area (Å²) in [6.45, 7) is 2.12. The van der Waals surface area contributed by atoms with Crippen LogP contribution in [0.2, 0.25) is 0 Å². The highest BCUT2D eigenvalue weighted by Crippen LogP contribution is 2.38. The van der Waals surface area contributed by atoms with Crippen LogP contribution in [0.25, 0.3) is 0 Å². The molecule has 0 aromatic heterocycles. The van der Waals surface area contributed by atoms with Gasteiger partial charge in [-0.1, -0.05) is 160 Å². The van der Waals surface area contributed by atoms with Crippen LogP contribution in [-0.2, 0) is 42.8 Å². The van der Waals surface area contributed by atoms with Crippen molar-refractivity contribution < 1.29 is 104 Å². The highest BCUT2D eigenvalue weighted by atomic mass is 16.8. The molecule has 0 saturated carbocycles. The molecule has 3 heterocycles. The average Bonchev–Trinajstić information content (AvgIpc) is 3.03. The van der Waals surface area contributed by atoms with Crippen LogP contribution in [0, 0.1) is 0 Å². The van der Waals surface area contributed by atoms with Crippen molar-refractivity contribution >= 4 is 17.8 Å². The number of hydrogen-bond acceptors (Lipinski definition) is 20. The molecule has 0 aromatic rings. The van der Waals surface area contributed by atoms with Gasteiger partial charge in [0.25, 0.3) is 5.79 Å². The number of carbonyl (C=O) groups is 3. The minimum Gasteiger partial charge on any atom is -0.477 e. The van der Waals surface area contributed by atoms with E-state index in [9.17, 15) is 75.7 Å². The van der Waals surface area contributed by atoms with E-state index in [2.05, 4.69) is 48.8 Å². The fourth-order valence-electron chi connectivity index (χ4n) is 10.7. The van der Waals surface area contributed by atoms with Gasteiger partial charge in [-0.3, -0.25) is 9.59 Å². The number of nitrogens with one attached hydrogen (secondary N) is 2. The maximum absolute atomic E-state index is 13.4. The lowest BCUT2D eigenvalue weighted by Crippen LogP contribution is -2.70. The van der Waals surface area contributed by atoms with Gasteiger partial charge < -0.3 is 100 Å². The van der Waals surface area contributed by atoms with E-state index in [0.717, 1.165) is 77.6 Å². The van der Waals surface area contributed by atoms with E-state index in [-0.39, 0.29) is 18.9 Å². The summed E-state index contributed by atoms with van der Waals surface area (Å²) in [5, 5.41) is 136. The van der Waals surface area contributed by atoms with Crippen LogP contribution in [-0.4, -0.2) is 215 Å². The maximum atomic E-state index is 13.4. The van der Waals surface area contributed by atoms with Gasteiger partial charge in [0, 0.05) is 19.8 Å². The maximum Gasteiger partial charge on any atom is 0.364 e. The van der Waals surface area contributed by atoms with Gasteiger partial charge in [-0.15, -0.1) is 0 Å². The summed E-state index contributed by atoms with van der Waals surface area (Å²) in [4.78, 5) is 38.4. The smallest absolute Gasteiger partial charge is 0.364 e. The molecule has 0 aliphatic carbocycles. The Morgan fingerprint density at radius 1 is 0.634 bits per heavy atom. The Balaban J connectivity index is 1.66. The van der Waals surface area contributed by atoms with Crippen LogP contribution in [0.1, 0.15) is 194 Å². The number of aliphatic hydroxyl groups is 11. The highest BCUT2D eigenvalue weighted by molar-refractivity contribution is 5.77. The van der Waals surface area contributed by atoms with E-state index in [4.69, 9.17) is 28.4 Å². The van der Waals surface area contributed by atoms with E-state index in [1.807, 2.05) is 0 Å². The number of carboxylic acid groups (broad SMARTS) is 1. The normalized spacial score (nSPS) is 30.3. The van der Waals surface area contributed by atoms with Crippen molar-refractivity contribution in [1.82, 2.24) is 10.6 Å². The zero-order valence-electron chi connectivity index (χ0n) is 49.1. The molecular weight excluding hydrogens is 1070 g/mol. The Morgan fingerprint density at radius 3 is 1.71 bits per heavy atom. The lowest BCUT2D eigenvalue weighted by molar-refractivity contribution is -0.386. The molecule has 82 heavy (non-hydrogen) atoms. The number of carboxylic acids is 1. The average molecular weight is 1180 g/mol. The van der Waals surface area contributed by atoms with E-state index in [0.29, 0.717) is 19.3 Å². The Hall–Kier alpha value is -2.79. The van der Waals surface area contributed by atoms with Crippen molar-refractivity contribution in [2.24, 2.45) is 0 Å². The van der Waals surface area contributed by atoms with Gasteiger partial charge in [0.1, 0.15) is 67.1 Å². The number of unbranched alkanes of at least 4 members (excludes halogenated alkanes) is 21. The Morgan fingerprint density at radius 2 is 1.16 bits per heavy atom. The first-order valence-corrected chi connectivity index (χ1v) is 30.7. The summed E-state index contributed by atoms with van der Waals surface area (Å²) >= 11 is 0. The molecule has 18 atom stereocenters. The molecule has 0 radical (unpaired) electrons. The standard InChI is InChI=1S/C59H106N2O21/c1-4-6-8-10-12-14-16-18-19-21-23-25-27-29-31-33-46(69)61-40(41(66)32-30-28-26-24-22-20-17-15-13-11-9-7-5-2)38-77-56-51(73)50(72)53(45(37-64)79-56)80-57-52(74)55(49(71)44(36-63)78-57)82-59(58(75)76)34-42(67)47(60-39(3)65)54(81-59)48(70)43(68)35-62/h12,14,16,18,40-45,47-57,62-64,66-68,70-74H,4-11,13,15,17,19-38H2,1-3H3,(H,60,65)(H,61,69)(H,75,76)/b14-12-,18-16-. The van der Waals surface area contributed by atoms with Gasteiger partial charge >= 0.3 is 5.97 Å². The number of hydrogen-bond donors (Lipinski definition) is 14. The molecule has 2 amide bonds. The second kappa shape index (κ2) is 41.3. The van der Waals surface area contributed by atoms with Crippen LogP contribution in [0.15, 0.2) is 24.3 Å². The van der Waals surface area contributed by atoms with Crippen molar-refractivity contribution in [2.45, 2.75) is 304 Å². The van der Waals surface area contributed by atoms with E-state index in [1.54, 1.807) is 0 Å². The summed E-state index contributed by atoms with van der Waals surface area (Å²) < 4.78 is 34.7. The number of aliphatic hydroxyl groups excluding tert-OH is 11. The summed E-state index contributed by atoms with van der Waals surface area (Å²) in [6.07, 6.45) is 6.30. The van der Waals surface area contributed by atoms with E-state index in [1.165, 1.54) is 70.6 Å². The van der Waals surface area contributed by atoms with Crippen LogP contribution < -0.4 is 10.6 Å². The minimum absolute atomic E-state index is 0.209. The molecular formula is C59H106N2O21. The van der Waals surface area contributed by atoms with Gasteiger partial charge in [-0.2, -0.15) is 0 Å². The molecule has 0 spiro atoms. The number of carbonyl (C=O) groups excluding carboxylic acids is 2. The Kier molecular flexibility index (Phi) is 37.0. The first-order chi connectivity index (χ1) is 39.4. The third kappa shape index (κ3) is 25.3. The second-order valence-electron chi connectivity index (χ2n) is 22.6. The highest BCUT2D eigenvalue weighted by Gasteiger charge is 2.60. The van der Waals surface area contributed by atoms with Crippen molar-refractivity contribution in [3.63, 3.8) is 0 Å². The first-order valence-electron chi connectivity index (χ1n) is 30.7. The number of rotatable bonds is 44. The fraction of sp³-hybridized carbons (Fsp3) is 0.881. The van der Waals surface area contributed by atoms with E-state index >= 15 is 0 Å². The number of ether oxygens (including phenoxy) is 6. The molecule has 23 nitrogen and oxygen atoms in total. The Labute approximate surface area is 485 Å². The van der Waals surface area contributed by atoms with Gasteiger partial charge in [0.05, 0.1) is 50.7 Å². The van der Waals surface area contributed by atoms with Gasteiger partial charge in [-0.05, 0) is 38.5 Å². The fourth-order valence-corrected chi connectivity index (χ4v) is 10.7. The molecule has 3 aliphatic heterocycles. The van der Waals surface area contributed by atoms with Gasteiger partial charge in [0.15, 0.2) is 12.6 Å². The quantitative estimate of drug-likeness (QED) is 0.0308. The molecule has 478 valence electrons. The number of allylic oxidation sites excluding steroid dienone is 4. The third-order valence-electron chi connectivity index (χ3n) is 15.7. The lowest BCUT2D eigenvalue weighted by Gasteiger charge is -2.50. The molecule has 18 unspecified atom stereocenters. The summed E-state index contributed by atoms with van der Waals surface area (Å²) in [7, 11) is 0. The molecule has 0 aromatic carbocycles. The summed E-state index contributed by atoms with van der Waals surface area (Å²) in [6, 6.07) is -2.53. The zero-order chi connectivity index (χ0) is 60.5. The van der Waals surface area contributed by atoms with Gasteiger partial charge in [0.2, 0.25) is 11.8 Å². The SMILES string of the molecule is CCCCC/C=C\C=C/CCCCCCCCC(=O)NC(COC1OC(CO)C(OC2OC(CO)C(O)C(OC3(C(=O)O)CC(O)C(NC(C)=O)C(C(O)C(O)CO)O3)C2O)C(O)C1O)C(O)CCCCCCCCCCCCCCC. The van der Waals surface area contributed by atoms with Crippen LogP contribution in [0.4, 0.5) is 0 Å².